The summed E-state index contributed by atoms with van der Waals surface area (Å²) in [6.07, 6.45) is -4.87. The number of rotatable bonds is 6. The molecule has 0 N–H and O–H groups in total. The number of ketones is 1. The van der Waals surface area contributed by atoms with Crippen LogP contribution in [0.4, 0.5) is 13.2 Å². The molecule has 0 radical (unpaired) electrons. The van der Waals surface area contributed by atoms with E-state index in [9.17, 15) is 32.3 Å². The van der Waals surface area contributed by atoms with Crippen molar-refractivity contribution < 1.29 is 56.0 Å². The highest BCUT2D eigenvalue weighted by molar-refractivity contribution is 6.21. The summed E-state index contributed by atoms with van der Waals surface area (Å²) in [7, 11) is 1.94. The van der Waals surface area contributed by atoms with Gasteiger partial charge in [0.05, 0.1) is 19.8 Å². The minimum Gasteiger partial charge on any atom is -0.466 e. The van der Waals surface area contributed by atoms with Crippen LogP contribution in [0.2, 0.25) is 0 Å². The van der Waals surface area contributed by atoms with E-state index in [-0.39, 0.29) is 6.61 Å². The third kappa shape index (κ3) is 3.01. The Balaban J connectivity index is 2.76. The molecular weight excluding hydrogens is 405 g/mol. The summed E-state index contributed by atoms with van der Waals surface area (Å²) in [4.78, 5) is 50.6. The lowest BCUT2D eigenvalue weighted by molar-refractivity contribution is -0.247. The summed E-state index contributed by atoms with van der Waals surface area (Å²) >= 11 is 0. The smallest absolute Gasteiger partial charge is 0.422 e. The second-order valence-electron chi connectivity index (χ2n) is 6.56. The number of methoxy groups -OCH3 is 2. The van der Waals surface area contributed by atoms with Crippen LogP contribution in [0.15, 0.2) is 11.1 Å². The van der Waals surface area contributed by atoms with E-state index in [0.29, 0.717) is 0 Å². The normalized spacial score (nSPS) is 31.1. The van der Waals surface area contributed by atoms with Crippen molar-refractivity contribution in [3.63, 3.8) is 0 Å². The Morgan fingerprint density at radius 1 is 1.03 bits per heavy atom. The Kier molecular flexibility index (Phi) is 5.58. The van der Waals surface area contributed by atoms with Gasteiger partial charge in [-0.05, 0) is 20.8 Å². The third-order valence-electron chi connectivity index (χ3n) is 4.85. The zero-order chi connectivity index (χ0) is 22.4. The number of hydrogen-bond acceptors (Lipinski definition) is 9. The van der Waals surface area contributed by atoms with Crippen molar-refractivity contribution in [1.29, 1.82) is 0 Å². The maximum absolute atomic E-state index is 13.2. The molecule has 0 spiro atoms. The number of carbonyl (C=O) groups excluding carboxylic acids is 4. The standard InChI is InChI=1S/C17H19F3O9/c1-6-28-17-9(11(22)26-5)8(10(21)25-4)15(3,29-17)12(23)14(17,2)13(24)27-7-16(18,19)20/h6-7H2,1-5H3/t14-,15+,17-/m1/s1. The first kappa shape index (κ1) is 22.8. The van der Waals surface area contributed by atoms with Crippen LogP contribution in [0.5, 0.6) is 0 Å². The maximum atomic E-state index is 13.2. The number of fused-ring (bicyclic) bond motifs is 2. The van der Waals surface area contributed by atoms with Gasteiger partial charge in [-0.1, -0.05) is 0 Å². The van der Waals surface area contributed by atoms with Gasteiger partial charge < -0.3 is 23.7 Å². The minimum absolute atomic E-state index is 0.250. The van der Waals surface area contributed by atoms with Crippen molar-refractivity contribution >= 4 is 23.7 Å². The van der Waals surface area contributed by atoms with Crippen molar-refractivity contribution in [2.75, 3.05) is 27.4 Å². The molecule has 0 amide bonds. The lowest BCUT2D eigenvalue weighted by atomic mass is 9.65. The first-order valence-corrected chi connectivity index (χ1v) is 8.31. The first-order chi connectivity index (χ1) is 13.3. The van der Waals surface area contributed by atoms with Gasteiger partial charge in [0.2, 0.25) is 5.79 Å². The van der Waals surface area contributed by atoms with Gasteiger partial charge in [-0.25, -0.2) is 9.59 Å². The average Bonchev–Trinajstić information content (AvgIpc) is 3.01. The summed E-state index contributed by atoms with van der Waals surface area (Å²) in [5.74, 6) is -7.63. The van der Waals surface area contributed by atoms with Crippen LogP contribution >= 0.6 is 0 Å². The molecule has 2 rings (SSSR count). The quantitative estimate of drug-likeness (QED) is 0.348. The minimum atomic E-state index is -4.87. The molecule has 1 saturated heterocycles. The Hall–Kier alpha value is -2.47. The topological polar surface area (TPSA) is 114 Å². The van der Waals surface area contributed by atoms with E-state index in [1.54, 1.807) is 0 Å². The van der Waals surface area contributed by atoms with Crippen molar-refractivity contribution in [3.8, 4) is 0 Å². The molecule has 2 aliphatic heterocycles. The van der Waals surface area contributed by atoms with Crippen LogP contribution in [0.1, 0.15) is 20.8 Å². The molecule has 0 aromatic carbocycles. The maximum Gasteiger partial charge on any atom is 0.422 e. The van der Waals surface area contributed by atoms with Crippen LogP contribution in [0.3, 0.4) is 0 Å². The van der Waals surface area contributed by atoms with Gasteiger partial charge in [0.15, 0.2) is 23.4 Å². The molecule has 0 aliphatic carbocycles. The molecule has 29 heavy (non-hydrogen) atoms. The highest BCUT2D eigenvalue weighted by atomic mass is 19.4. The van der Waals surface area contributed by atoms with E-state index in [1.165, 1.54) is 6.92 Å². The predicted octanol–water partition coefficient (Wildman–Crippen LogP) is 0.845. The van der Waals surface area contributed by atoms with Gasteiger partial charge in [-0.3, -0.25) is 9.59 Å². The molecule has 9 nitrogen and oxygen atoms in total. The van der Waals surface area contributed by atoms with E-state index in [4.69, 9.17) is 9.47 Å². The van der Waals surface area contributed by atoms with Gasteiger partial charge in [0, 0.05) is 6.61 Å². The predicted molar refractivity (Wildman–Crippen MR) is 85.0 cm³/mol. The molecule has 2 aliphatic rings. The van der Waals surface area contributed by atoms with Crippen LogP contribution < -0.4 is 0 Å². The molecule has 0 saturated carbocycles. The largest absolute Gasteiger partial charge is 0.466 e. The van der Waals surface area contributed by atoms with Crippen molar-refractivity contribution in [2.45, 2.75) is 38.3 Å². The average molecular weight is 424 g/mol. The Labute approximate surface area is 163 Å². The van der Waals surface area contributed by atoms with Gasteiger partial charge >= 0.3 is 24.1 Å². The molecule has 0 aromatic rings. The summed E-state index contributed by atoms with van der Waals surface area (Å²) in [6, 6.07) is 0. The fourth-order valence-electron chi connectivity index (χ4n) is 3.64. The number of halogens is 3. The van der Waals surface area contributed by atoms with Crippen LogP contribution in [0.25, 0.3) is 0 Å². The second kappa shape index (κ2) is 7.10. The summed E-state index contributed by atoms with van der Waals surface area (Å²) in [5, 5.41) is 0. The van der Waals surface area contributed by atoms with E-state index >= 15 is 0 Å². The molecule has 12 heteroatoms. The molecule has 0 unspecified atom stereocenters. The molecule has 0 aromatic heterocycles. The third-order valence-corrected chi connectivity index (χ3v) is 4.85. The van der Waals surface area contributed by atoms with Gasteiger partial charge in [0.1, 0.15) is 5.57 Å². The number of esters is 3. The summed E-state index contributed by atoms with van der Waals surface area (Å²) in [5.41, 5.74) is -5.98. The Morgan fingerprint density at radius 3 is 2.00 bits per heavy atom. The highest BCUT2D eigenvalue weighted by Gasteiger charge is 2.82. The summed E-state index contributed by atoms with van der Waals surface area (Å²) in [6.45, 7) is 1.19. The number of Topliss-reactive ketones (excluding diaryl/α,β-unsaturated/α-hetero) is 1. The lowest BCUT2D eigenvalue weighted by Crippen LogP contribution is -2.59. The highest BCUT2D eigenvalue weighted by Crippen LogP contribution is 2.62. The van der Waals surface area contributed by atoms with E-state index < -0.39 is 64.4 Å². The van der Waals surface area contributed by atoms with Crippen molar-refractivity contribution in [2.24, 2.45) is 5.41 Å². The number of hydrogen-bond donors (Lipinski definition) is 0. The van der Waals surface area contributed by atoms with Crippen LogP contribution in [-0.4, -0.2) is 68.7 Å². The zero-order valence-corrected chi connectivity index (χ0v) is 16.2. The molecule has 3 atom stereocenters. The van der Waals surface area contributed by atoms with Gasteiger partial charge in [-0.15, -0.1) is 0 Å². The van der Waals surface area contributed by atoms with E-state index in [0.717, 1.165) is 28.1 Å². The molecule has 2 bridgehead atoms. The zero-order valence-electron chi connectivity index (χ0n) is 16.2. The van der Waals surface area contributed by atoms with Crippen molar-refractivity contribution in [3.05, 3.63) is 11.1 Å². The monoisotopic (exact) mass is 424 g/mol. The molecule has 1 fully saturated rings. The van der Waals surface area contributed by atoms with Crippen molar-refractivity contribution in [1.82, 2.24) is 0 Å². The number of carbonyl (C=O) groups is 4. The number of ether oxygens (including phenoxy) is 5. The Morgan fingerprint density at radius 2 is 1.55 bits per heavy atom. The first-order valence-electron chi connectivity index (χ1n) is 8.31. The molecular formula is C17H19F3O9. The lowest BCUT2D eigenvalue weighted by Gasteiger charge is -2.39. The van der Waals surface area contributed by atoms with E-state index in [1.807, 2.05) is 0 Å². The molecule has 2 heterocycles. The number of alkyl halides is 3. The fourth-order valence-corrected chi connectivity index (χ4v) is 3.64. The van der Waals surface area contributed by atoms with Crippen LogP contribution in [-0.2, 0) is 42.9 Å². The van der Waals surface area contributed by atoms with E-state index in [2.05, 4.69) is 14.2 Å². The fraction of sp³-hybridized carbons (Fsp3) is 0.647. The Bertz CT molecular complexity index is 802. The second-order valence-corrected chi connectivity index (χ2v) is 6.56. The van der Waals surface area contributed by atoms with Crippen LogP contribution in [0, 0.1) is 5.41 Å². The molecule has 162 valence electrons. The summed E-state index contributed by atoms with van der Waals surface area (Å²) < 4.78 is 62.2. The van der Waals surface area contributed by atoms with Gasteiger partial charge in [-0.2, -0.15) is 13.2 Å². The SMILES string of the molecule is CCO[C@]12O[C@](C)(C(=O)[C@]1(C)C(=O)OCC(F)(F)F)C(C(=O)OC)=C2C(=O)OC. The van der Waals surface area contributed by atoms with Gasteiger partial charge in [0.25, 0.3) is 0 Å².